The van der Waals surface area contributed by atoms with E-state index >= 15 is 0 Å². The maximum Gasteiger partial charge on any atom is 0.308 e. The van der Waals surface area contributed by atoms with Crippen molar-refractivity contribution < 1.29 is 29.6 Å². The Morgan fingerprint density at radius 3 is 1.23 bits per heavy atom. The van der Waals surface area contributed by atoms with Gasteiger partial charge in [-0.3, -0.25) is 14.4 Å². The molecule has 7 heteroatoms. The molecule has 300 valence electrons. The first kappa shape index (κ1) is 47.6. The molecule has 0 aromatic heterocycles. The van der Waals surface area contributed by atoms with Crippen molar-refractivity contribution in [3.05, 3.63) is 35.9 Å². The second-order valence-electron chi connectivity index (χ2n) is 15.3. The van der Waals surface area contributed by atoms with Crippen molar-refractivity contribution in [2.45, 2.75) is 194 Å². The summed E-state index contributed by atoms with van der Waals surface area (Å²) in [6, 6.07) is 9.43. The minimum absolute atomic E-state index is 0.0899. The molecule has 0 saturated heterocycles. The first-order chi connectivity index (χ1) is 25.4. The standard InChI is InChI=1S/C45H80N2O5/c1-5-9-13-17-24-30-40(31-25-18-14-10-6-2)44(49)51-36-34-47(43(48)42(46)38-39-28-22-21-23-29-39)35-37-52-45(50)41(32-26-19-15-11-7-3)33-27-20-16-12-8-4/h21-23,28-29,40-42H,5-20,24-27,30-38,46H2,1-4H3/p+1. The maximum absolute atomic E-state index is 13.8. The third kappa shape index (κ3) is 24.0. The van der Waals surface area contributed by atoms with E-state index < -0.39 is 6.04 Å². The smallest absolute Gasteiger partial charge is 0.308 e. The summed E-state index contributed by atoms with van der Waals surface area (Å²) in [4.78, 5) is 42.2. The van der Waals surface area contributed by atoms with Crippen LogP contribution < -0.4 is 5.73 Å². The molecule has 1 aromatic rings. The molecular weight excluding hydrogens is 649 g/mol. The van der Waals surface area contributed by atoms with E-state index in [1.54, 1.807) is 4.90 Å². The second-order valence-corrected chi connectivity index (χ2v) is 15.3. The highest BCUT2D eigenvalue weighted by Crippen LogP contribution is 2.22. The van der Waals surface area contributed by atoms with Crippen LogP contribution in [0.3, 0.4) is 0 Å². The maximum atomic E-state index is 13.8. The first-order valence-corrected chi connectivity index (χ1v) is 21.9. The summed E-state index contributed by atoms with van der Waals surface area (Å²) in [6.07, 6.45) is 27.4. The van der Waals surface area contributed by atoms with Crippen LogP contribution in [0.25, 0.3) is 0 Å². The molecule has 7 nitrogen and oxygen atoms in total. The summed E-state index contributed by atoms with van der Waals surface area (Å²) in [5.74, 6) is -0.564. The monoisotopic (exact) mass is 730 g/mol. The van der Waals surface area contributed by atoms with Crippen LogP contribution >= 0.6 is 0 Å². The predicted molar refractivity (Wildman–Crippen MR) is 216 cm³/mol. The number of hydrogen-bond acceptors (Lipinski definition) is 5. The summed E-state index contributed by atoms with van der Waals surface area (Å²) in [5, 5.41) is 0. The zero-order chi connectivity index (χ0) is 38.1. The van der Waals surface area contributed by atoms with Gasteiger partial charge in [0, 0.05) is 6.42 Å². The quantitative estimate of drug-likeness (QED) is 0.0554. The van der Waals surface area contributed by atoms with Crippen molar-refractivity contribution in [3.63, 3.8) is 0 Å². The van der Waals surface area contributed by atoms with Gasteiger partial charge in [-0.05, 0) is 31.2 Å². The van der Waals surface area contributed by atoms with Gasteiger partial charge in [-0.25, -0.2) is 0 Å². The lowest BCUT2D eigenvalue weighted by molar-refractivity contribution is -0.405. The number of ether oxygens (including phenoxy) is 2. The van der Waals surface area contributed by atoms with Crippen molar-refractivity contribution in [1.82, 2.24) is 4.90 Å². The molecule has 0 aliphatic carbocycles. The number of hydrogen-bond donors (Lipinski definition) is 1. The van der Waals surface area contributed by atoms with Gasteiger partial charge in [0.25, 0.3) is 5.91 Å². The normalized spacial score (nSPS) is 12.0. The van der Waals surface area contributed by atoms with Crippen molar-refractivity contribution in [1.29, 1.82) is 0 Å². The number of quaternary nitrogens is 1. The number of carbonyl (C=O) groups is 3. The van der Waals surface area contributed by atoms with Gasteiger partial charge < -0.3 is 20.1 Å². The van der Waals surface area contributed by atoms with E-state index in [2.05, 4.69) is 33.4 Å². The zero-order valence-electron chi connectivity index (χ0n) is 34.3. The minimum Gasteiger partial charge on any atom is -0.464 e. The van der Waals surface area contributed by atoms with Gasteiger partial charge in [0.2, 0.25) is 0 Å². The van der Waals surface area contributed by atoms with E-state index in [-0.39, 0.29) is 56.0 Å². The molecule has 0 spiro atoms. The number of unbranched alkanes of at least 4 members (excludes halogenated alkanes) is 16. The average Bonchev–Trinajstić information content (AvgIpc) is 3.15. The highest BCUT2D eigenvalue weighted by Gasteiger charge is 2.27. The topological polar surface area (TPSA) is 101 Å². The molecular formula is C45H81N2O5+. The molecule has 0 heterocycles. The van der Waals surface area contributed by atoms with E-state index in [4.69, 9.17) is 9.47 Å². The van der Waals surface area contributed by atoms with E-state index in [0.29, 0.717) is 6.42 Å². The third-order valence-electron chi connectivity index (χ3n) is 10.5. The number of benzene rings is 1. The molecule has 1 rings (SSSR count). The van der Waals surface area contributed by atoms with E-state index in [1.165, 1.54) is 77.0 Å². The lowest BCUT2D eigenvalue weighted by Crippen LogP contribution is -2.69. The number of rotatable bonds is 35. The molecule has 0 aliphatic rings. The van der Waals surface area contributed by atoms with Crippen LogP contribution in [-0.4, -0.2) is 55.1 Å². The molecule has 0 radical (unpaired) electrons. The molecule has 1 amide bonds. The molecule has 1 aromatic carbocycles. The molecule has 52 heavy (non-hydrogen) atoms. The Bertz CT molecular complexity index is 925. The lowest BCUT2D eigenvalue weighted by atomic mass is 9.94. The summed E-state index contributed by atoms with van der Waals surface area (Å²) in [6.45, 7) is 9.68. The Hall–Kier alpha value is -2.41. The van der Waals surface area contributed by atoms with Gasteiger partial charge in [0.15, 0.2) is 6.04 Å². The van der Waals surface area contributed by atoms with Crippen molar-refractivity contribution in [2.75, 3.05) is 26.3 Å². The van der Waals surface area contributed by atoms with Crippen LogP contribution in [0.5, 0.6) is 0 Å². The molecule has 1 atom stereocenters. The van der Waals surface area contributed by atoms with Crippen molar-refractivity contribution in [2.24, 2.45) is 11.8 Å². The van der Waals surface area contributed by atoms with Crippen LogP contribution in [0.15, 0.2) is 30.3 Å². The Kier molecular flexibility index (Phi) is 30.4. The summed E-state index contributed by atoms with van der Waals surface area (Å²) >= 11 is 0. The summed E-state index contributed by atoms with van der Waals surface area (Å²) < 4.78 is 11.8. The number of esters is 2. The Morgan fingerprint density at radius 2 is 0.885 bits per heavy atom. The first-order valence-electron chi connectivity index (χ1n) is 21.9. The summed E-state index contributed by atoms with van der Waals surface area (Å²) in [5.41, 5.74) is 5.26. The molecule has 3 N–H and O–H groups in total. The van der Waals surface area contributed by atoms with Crippen LogP contribution in [0.2, 0.25) is 0 Å². The van der Waals surface area contributed by atoms with Crippen molar-refractivity contribution in [3.8, 4) is 0 Å². The zero-order valence-corrected chi connectivity index (χ0v) is 34.3. The van der Waals surface area contributed by atoms with Crippen LogP contribution in [0, 0.1) is 11.8 Å². The van der Waals surface area contributed by atoms with Crippen molar-refractivity contribution >= 4 is 17.8 Å². The number of nitrogens with zero attached hydrogens (tertiary/aromatic N) is 1. The van der Waals surface area contributed by atoms with E-state index in [9.17, 15) is 14.4 Å². The molecule has 0 bridgehead atoms. The molecule has 0 saturated carbocycles. The Morgan fingerprint density at radius 1 is 0.538 bits per heavy atom. The second kappa shape index (κ2) is 33.2. The van der Waals surface area contributed by atoms with Gasteiger partial charge in [0.05, 0.1) is 24.9 Å². The highest BCUT2D eigenvalue weighted by atomic mass is 16.5. The largest absolute Gasteiger partial charge is 0.464 e. The van der Waals surface area contributed by atoms with Gasteiger partial charge in [-0.1, -0.05) is 186 Å². The SMILES string of the molecule is CCCCCCCC(CCCCCCC)C(=O)OCCN(CCOC(=O)C(CCCCCCC)CCCCCCC)C(=O)C([NH3+])Cc1ccccc1. The fourth-order valence-electron chi connectivity index (χ4n) is 7.06. The predicted octanol–water partition coefficient (Wildman–Crippen LogP) is 10.4. The molecule has 1 unspecified atom stereocenters. The van der Waals surface area contributed by atoms with Gasteiger partial charge in [-0.15, -0.1) is 0 Å². The highest BCUT2D eigenvalue weighted by molar-refractivity contribution is 5.81. The minimum atomic E-state index is -0.494. The van der Waals surface area contributed by atoms with Crippen LogP contribution in [0.4, 0.5) is 0 Å². The molecule has 0 fully saturated rings. The Balaban J connectivity index is 2.87. The van der Waals surface area contributed by atoms with Gasteiger partial charge >= 0.3 is 11.9 Å². The summed E-state index contributed by atoms with van der Waals surface area (Å²) in [7, 11) is 0. The van der Waals surface area contributed by atoms with Crippen LogP contribution in [0.1, 0.15) is 187 Å². The van der Waals surface area contributed by atoms with Crippen LogP contribution in [-0.2, 0) is 30.3 Å². The lowest BCUT2D eigenvalue weighted by Gasteiger charge is -2.25. The fraction of sp³-hybridized carbons (Fsp3) is 0.800. The fourth-order valence-corrected chi connectivity index (χ4v) is 7.06. The Labute approximate surface area is 319 Å². The average molecular weight is 730 g/mol. The van der Waals surface area contributed by atoms with Gasteiger partial charge in [-0.2, -0.15) is 0 Å². The molecule has 0 aliphatic heterocycles. The van der Waals surface area contributed by atoms with E-state index in [0.717, 1.165) is 82.6 Å². The third-order valence-corrected chi connectivity index (χ3v) is 10.5. The van der Waals surface area contributed by atoms with Gasteiger partial charge in [0.1, 0.15) is 13.2 Å². The number of carbonyl (C=O) groups excluding carboxylic acids is 3. The van der Waals surface area contributed by atoms with E-state index in [1.807, 2.05) is 30.3 Å². The number of amides is 1.